The molecule has 2 saturated heterocycles. The van der Waals surface area contributed by atoms with Crippen molar-refractivity contribution in [3.63, 3.8) is 0 Å². The summed E-state index contributed by atoms with van der Waals surface area (Å²) >= 11 is 1.06. The summed E-state index contributed by atoms with van der Waals surface area (Å²) < 4.78 is 0. The van der Waals surface area contributed by atoms with Gasteiger partial charge >= 0.3 is 0 Å². The summed E-state index contributed by atoms with van der Waals surface area (Å²) in [5.74, 6) is -23.3. The third kappa shape index (κ3) is 39.7. The highest BCUT2D eigenvalue weighted by molar-refractivity contribution is 8.02. The number of carbonyl (C=O) groups is 23. The number of aliphatic hydroxyl groups is 1. The van der Waals surface area contributed by atoms with Crippen molar-refractivity contribution in [1.29, 1.82) is 0 Å². The molecule has 3 heterocycles. The highest BCUT2D eigenvalue weighted by Crippen LogP contribution is 2.25. The number of nitrogens with two attached hydrogens (primary N) is 2. The van der Waals surface area contributed by atoms with E-state index in [0.717, 1.165) is 17.8 Å². The predicted octanol–water partition coefficient (Wildman–Crippen LogP) is -3.34. The van der Waals surface area contributed by atoms with Crippen molar-refractivity contribution in [2.75, 3.05) is 46.1 Å². The number of rotatable bonds is 53. The molecule has 0 bridgehead atoms. The molecule has 4 rings (SSSR count). The second-order valence-electron chi connectivity index (χ2n) is 38.3. The summed E-state index contributed by atoms with van der Waals surface area (Å²) in [7, 11) is 3.40. The van der Waals surface area contributed by atoms with E-state index in [9.17, 15) is 115 Å². The van der Waals surface area contributed by atoms with Gasteiger partial charge in [0.15, 0.2) is 0 Å². The van der Waals surface area contributed by atoms with Gasteiger partial charge in [0.25, 0.3) is 23.6 Å². The maximum Gasteiger partial charge on any atom is 0.270 e. The second-order valence-corrected chi connectivity index (χ2v) is 39.3. The average molecular weight is 2100 g/mol. The molecule has 0 aromatic heterocycles. The molecule has 1 aromatic rings. The molecule has 3 aliphatic heterocycles. The van der Waals surface area contributed by atoms with E-state index in [1.54, 1.807) is 132 Å². The third-order valence-electron chi connectivity index (χ3n) is 25.2. The van der Waals surface area contributed by atoms with Gasteiger partial charge < -0.3 is 127 Å². The molecule has 18 unspecified atom stereocenters. The van der Waals surface area contributed by atoms with Crippen molar-refractivity contribution in [2.24, 2.45) is 47.0 Å². The van der Waals surface area contributed by atoms with Crippen molar-refractivity contribution in [2.45, 2.75) is 305 Å². The predicted molar refractivity (Wildman–Crippen MR) is 546 cm³/mol. The van der Waals surface area contributed by atoms with Crippen LogP contribution in [-0.2, 0) is 117 Å². The summed E-state index contributed by atoms with van der Waals surface area (Å²) in [6.07, 6.45) is 6.05. The van der Waals surface area contributed by atoms with Crippen LogP contribution in [0.5, 0.6) is 0 Å². The first-order valence-electron chi connectivity index (χ1n) is 49.8. The van der Waals surface area contributed by atoms with Crippen molar-refractivity contribution in [3.05, 3.63) is 94.6 Å². The van der Waals surface area contributed by atoms with Crippen molar-refractivity contribution < 1.29 is 115 Å². The van der Waals surface area contributed by atoms with E-state index in [1.165, 1.54) is 74.3 Å². The Balaban J connectivity index is 1.45. The topological polar surface area (TPSA) is 703 Å². The van der Waals surface area contributed by atoms with Crippen molar-refractivity contribution in [3.8, 4) is 0 Å². The van der Waals surface area contributed by atoms with Crippen LogP contribution >= 0.6 is 11.8 Å². The first kappa shape index (κ1) is 126. The summed E-state index contributed by atoms with van der Waals surface area (Å²) in [4.78, 5) is 323. The Morgan fingerprint density at radius 3 is 1.45 bits per heavy atom. The minimum absolute atomic E-state index is 0.0255. The van der Waals surface area contributed by atoms with E-state index < -0.39 is 301 Å². The van der Waals surface area contributed by atoms with Gasteiger partial charge in [0.05, 0.1) is 19.2 Å². The number of likely N-dealkylation sites (tertiary alicyclic amines) is 2. The van der Waals surface area contributed by atoms with E-state index in [2.05, 4.69) is 101 Å². The van der Waals surface area contributed by atoms with Crippen LogP contribution in [0, 0.1) is 35.5 Å². The number of hydrogen-bond acceptors (Lipinski definition) is 26. The van der Waals surface area contributed by atoms with Gasteiger partial charge in [-0.25, -0.2) is 0 Å². The summed E-state index contributed by atoms with van der Waals surface area (Å²) in [5.41, 5.74) is 10.4. The van der Waals surface area contributed by atoms with Crippen molar-refractivity contribution in [1.82, 2.24) is 116 Å². The number of hydrogen-bond donors (Lipinski definition) is 22. The molecular weight excluding hydrogens is 1940 g/mol. The molecule has 48 nitrogen and oxygen atoms in total. The fraction of sp³-hybridized carbons (Fsp3) is 0.606. The molecule has 0 spiro atoms. The number of benzene rings is 1. The standard InChI is InChI=1S/C99H154N24O24S/c1-22-54(15)78(97(145)115-69-49-148-44-41-102-93(141)75(51(9)10)116-87(135)66(45-50(7)8)113-90(69)138)119-85(133)60(24-3)107-89(137)68(48-124)106-74(127)47-103-83(131)64(37-39-72(100)125)112-96(144)79(55(16)23-2)120-95(143)77(53(13)14)118-88(136)67(46-59-33-29-28-30-34-59)114-86(134)65(38-40-73(101)126)111-81(129)57(18)105-94(142)76(52(11)12)117-84(132)61(25-4)108-92(140)71-36-32-43-123(71)98(146)62(26-5)109-80(128)56(17)104-91(139)70-35-31-42-122(70)99(147)63(27-6)110-82(130)58(19)121(20)21/h24-30,33-34,41,44,50-58,64-71,75-79,124H,22-23,31-32,35-40,42-43,45-49H2,1-21H3,(H2,100,125)(H2,101,126)(H,102,141)(H,103,131)(H,104,139)(H,105,142)(H,106,127)(H,107,137)(H,108,140)(H,109,128)(H,110,130)(H,111,129)(H,112,144)(H,113,138)(H,114,134)(H,115,145)(H,116,135)(H,117,132)(H,118,136)(H,119,133)(H,120,143)/b44-41-,60-24+,61-25+,62-26+,63-27+. The molecule has 1 aromatic carbocycles. The average Bonchev–Trinajstić information content (AvgIpc) is 1.66. The quantitative estimate of drug-likeness (QED) is 0.0284. The summed E-state index contributed by atoms with van der Waals surface area (Å²) in [6.45, 7) is 28.3. The highest BCUT2D eigenvalue weighted by atomic mass is 32.2. The Hall–Kier alpha value is -14.0. The maximum atomic E-state index is 14.8. The molecule has 18 atom stereocenters. The summed E-state index contributed by atoms with van der Waals surface area (Å²) in [5, 5.41) is 60.4. The number of carbonyl (C=O) groups excluding carboxylic acids is 23. The largest absolute Gasteiger partial charge is 0.394 e. The van der Waals surface area contributed by atoms with E-state index in [0.29, 0.717) is 24.8 Å². The Labute approximate surface area is 867 Å². The molecule has 49 heteroatoms. The van der Waals surface area contributed by atoms with E-state index in [-0.39, 0.29) is 79.9 Å². The lowest BCUT2D eigenvalue weighted by Crippen LogP contribution is -2.62. The molecule has 24 N–H and O–H groups in total. The molecule has 0 radical (unpaired) electrons. The minimum atomic E-state index is -1.81. The zero-order valence-corrected chi connectivity index (χ0v) is 89.1. The first-order chi connectivity index (χ1) is 69.6. The lowest BCUT2D eigenvalue weighted by molar-refractivity contribution is -0.138. The molecule has 0 aliphatic carbocycles. The van der Waals surface area contributed by atoms with Gasteiger partial charge in [0, 0.05) is 44.3 Å². The number of nitrogens with zero attached hydrogens (tertiary/aromatic N) is 3. The van der Waals surface area contributed by atoms with Gasteiger partial charge in [-0.1, -0.05) is 151 Å². The van der Waals surface area contributed by atoms with Gasteiger partial charge in [-0.05, 0) is 154 Å². The van der Waals surface area contributed by atoms with Crippen LogP contribution < -0.4 is 112 Å². The molecule has 2 fully saturated rings. The zero-order valence-electron chi connectivity index (χ0n) is 88.3. The number of primary amides is 2. The number of nitrogens with one attached hydrogen (secondary N) is 19. The van der Waals surface area contributed by atoms with E-state index in [4.69, 9.17) is 11.5 Å². The number of thioether (sulfide) groups is 1. The van der Waals surface area contributed by atoms with Gasteiger partial charge in [0.2, 0.25) is 112 Å². The number of allylic oxidation sites excluding steroid dienone is 4. The molecule has 0 saturated carbocycles. The normalized spacial score (nSPS) is 19.3. The molecule has 820 valence electrons. The van der Waals surface area contributed by atoms with Gasteiger partial charge in [0.1, 0.15) is 113 Å². The minimum Gasteiger partial charge on any atom is -0.394 e. The lowest BCUT2D eigenvalue weighted by Gasteiger charge is -2.30. The third-order valence-corrected chi connectivity index (χ3v) is 26.0. The fourth-order valence-electron chi connectivity index (χ4n) is 15.5. The smallest absolute Gasteiger partial charge is 0.270 e. The van der Waals surface area contributed by atoms with Crippen LogP contribution in [0.2, 0.25) is 0 Å². The molecular formula is C99H154N24O24S. The number of aliphatic hydroxyl groups excluding tert-OH is 1. The Kier molecular flexibility index (Phi) is 53.1. The Bertz CT molecular complexity index is 5080. The molecule has 148 heavy (non-hydrogen) atoms. The van der Waals surface area contributed by atoms with Crippen molar-refractivity contribution >= 4 is 148 Å². The van der Waals surface area contributed by atoms with Crippen LogP contribution in [0.25, 0.3) is 0 Å². The van der Waals surface area contributed by atoms with Crippen LogP contribution in [0.1, 0.15) is 208 Å². The van der Waals surface area contributed by atoms with E-state index in [1.807, 2.05) is 13.8 Å². The zero-order chi connectivity index (χ0) is 112. The Morgan fingerprint density at radius 1 is 0.480 bits per heavy atom. The van der Waals surface area contributed by atoms with Crippen LogP contribution in [0.4, 0.5) is 0 Å². The lowest BCUT2D eigenvalue weighted by atomic mass is 9.95. The van der Waals surface area contributed by atoms with Gasteiger partial charge in [-0.15, -0.1) is 11.8 Å². The molecule has 3 aliphatic rings. The van der Waals surface area contributed by atoms with Gasteiger partial charge in [-0.3, -0.25) is 115 Å². The van der Waals surface area contributed by atoms with Gasteiger partial charge in [-0.2, -0.15) is 0 Å². The summed E-state index contributed by atoms with van der Waals surface area (Å²) in [6, 6.07) is -13.2. The van der Waals surface area contributed by atoms with E-state index >= 15 is 0 Å². The second kappa shape index (κ2) is 62.2. The van der Waals surface area contributed by atoms with Crippen LogP contribution in [-0.4, -0.2) is 298 Å². The fourth-order valence-corrected chi connectivity index (χ4v) is 16.2. The first-order valence-corrected chi connectivity index (χ1v) is 50.9. The number of likely N-dealkylation sites (N-methyl/N-ethyl adjacent to an activating group) is 1. The SMILES string of the molecule is C/C=C(/NC(=O)C(CO)NC(=O)CNC(=O)C(CCC(N)=O)NC(=O)C(NC(=O)C(NC(=O)C(Cc1ccccc1)NC(=O)C(CCC(N)=O)NC(=O)C(C)NC(=O)C(NC(=O)/C(=C\C)NC(=O)C1CCCN1C(=O)/C(=C\C)NC(=O)C(C)NC(=O)C1CCCN1C(=O)/C(=C\C)NC(=O)C(C)N(C)C)C(C)C)C(C)C)C(C)CC)C(=O)NC(C(=O)NC1CS/C=C\NC(=O)C(C(C)C)NC(=O)C(CC(C)C)NC1=O)C(C)CC. The van der Waals surface area contributed by atoms with Crippen LogP contribution in [0.15, 0.2) is 89.0 Å². The Morgan fingerprint density at radius 2 is 0.939 bits per heavy atom. The maximum absolute atomic E-state index is 14.8. The number of amides is 23. The van der Waals surface area contributed by atoms with Crippen LogP contribution in [0.3, 0.4) is 0 Å². The monoisotopic (exact) mass is 2100 g/mol. The highest BCUT2D eigenvalue weighted by Gasteiger charge is 2.44. The molecule has 23 amide bonds.